The second-order valence-electron chi connectivity index (χ2n) is 1.92. The molecule has 0 aliphatic carbocycles. The van der Waals surface area contributed by atoms with Crippen molar-refractivity contribution in [3.63, 3.8) is 0 Å². The predicted molar refractivity (Wildman–Crippen MR) is 31.9 cm³/mol. The number of nitrogens with zero attached hydrogens (tertiary/aromatic N) is 2. The summed E-state index contributed by atoms with van der Waals surface area (Å²) in [6.07, 6.45) is 4.93. The molecule has 54 valence electrons. The summed E-state index contributed by atoms with van der Waals surface area (Å²) < 4.78 is 1.69. The molecule has 4 nitrogen and oxygen atoms in total. The first-order valence-electron chi connectivity index (χ1n) is 2.94. The number of aromatic nitrogens is 2. The highest BCUT2D eigenvalue weighted by Crippen LogP contribution is 1.87. The van der Waals surface area contributed by atoms with Crippen molar-refractivity contribution < 1.29 is 9.90 Å². The molecular weight excluding hydrogens is 132 g/mol. The molecule has 0 atom stereocenters. The van der Waals surface area contributed by atoms with Gasteiger partial charge in [0, 0.05) is 31.3 Å². The van der Waals surface area contributed by atoms with Crippen molar-refractivity contribution in [3.8, 4) is 0 Å². The van der Waals surface area contributed by atoms with Gasteiger partial charge in [-0.25, -0.2) is 4.98 Å². The Kier molecular flexibility index (Phi) is 2.04. The van der Waals surface area contributed by atoms with E-state index in [1.165, 1.54) is 0 Å². The fourth-order valence-electron chi connectivity index (χ4n) is 0.639. The van der Waals surface area contributed by atoms with Crippen molar-refractivity contribution in [2.45, 2.75) is 13.0 Å². The van der Waals surface area contributed by atoms with E-state index in [4.69, 9.17) is 0 Å². The SMILES string of the molecule is O=C([O-])CCn1ccnc1. The predicted octanol–water partition coefficient (Wildman–Crippen LogP) is -0.977. The molecular formula is C6H7N2O2-. The topological polar surface area (TPSA) is 57.9 Å². The maximum Gasteiger partial charge on any atom is 0.0946 e. The van der Waals surface area contributed by atoms with Crippen LogP contribution in [0, 0.1) is 0 Å². The van der Waals surface area contributed by atoms with Crippen LogP contribution in [-0.4, -0.2) is 15.5 Å². The second kappa shape index (κ2) is 3.00. The number of carboxylic acid groups (broad SMARTS) is 1. The van der Waals surface area contributed by atoms with Crippen molar-refractivity contribution in [1.82, 2.24) is 9.55 Å². The smallest absolute Gasteiger partial charge is 0.0946 e. The monoisotopic (exact) mass is 139 g/mol. The fourth-order valence-corrected chi connectivity index (χ4v) is 0.639. The zero-order chi connectivity index (χ0) is 7.40. The fraction of sp³-hybridized carbons (Fsp3) is 0.333. The van der Waals surface area contributed by atoms with E-state index in [9.17, 15) is 9.90 Å². The van der Waals surface area contributed by atoms with Crippen LogP contribution in [0.1, 0.15) is 6.42 Å². The highest BCUT2D eigenvalue weighted by Gasteiger charge is 1.88. The molecule has 0 N–H and O–H groups in total. The third-order valence-corrected chi connectivity index (χ3v) is 1.13. The van der Waals surface area contributed by atoms with Gasteiger partial charge in [-0.1, -0.05) is 0 Å². The maximum atomic E-state index is 9.95. The van der Waals surface area contributed by atoms with Crippen molar-refractivity contribution in [2.24, 2.45) is 0 Å². The molecule has 0 radical (unpaired) electrons. The van der Waals surface area contributed by atoms with Gasteiger partial charge in [0.1, 0.15) is 0 Å². The zero-order valence-electron chi connectivity index (χ0n) is 5.36. The summed E-state index contributed by atoms with van der Waals surface area (Å²) in [7, 11) is 0. The minimum Gasteiger partial charge on any atom is -0.550 e. The largest absolute Gasteiger partial charge is 0.550 e. The molecule has 1 heterocycles. The Hall–Kier alpha value is -1.32. The normalized spacial score (nSPS) is 9.60. The molecule has 0 amide bonds. The molecule has 0 aliphatic heterocycles. The molecule has 4 heteroatoms. The molecule has 0 fully saturated rings. The van der Waals surface area contributed by atoms with Crippen LogP contribution in [-0.2, 0) is 11.3 Å². The Bertz CT molecular complexity index is 206. The summed E-state index contributed by atoms with van der Waals surface area (Å²) in [6, 6.07) is 0. The van der Waals surface area contributed by atoms with Crippen LogP contribution < -0.4 is 5.11 Å². The number of aliphatic carboxylic acids is 1. The number of imidazole rings is 1. The van der Waals surface area contributed by atoms with Crippen LogP contribution in [0.5, 0.6) is 0 Å². The molecule has 0 aromatic carbocycles. The van der Waals surface area contributed by atoms with Crippen LogP contribution in [0.25, 0.3) is 0 Å². The van der Waals surface area contributed by atoms with Gasteiger partial charge in [0.15, 0.2) is 0 Å². The molecule has 0 bridgehead atoms. The Morgan fingerprint density at radius 2 is 2.50 bits per heavy atom. The Balaban J connectivity index is 2.35. The molecule has 0 spiro atoms. The minimum absolute atomic E-state index is 0.0381. The summed E-state index contributed by atoms with van der Waals surface area (Å²) in [6.45, 7) is 0.433. The lowest BCUT2D eigenvalue weighted by Gasteiger charge is -2.01. The highest BCUT2D eigenvalue weighted by molar-refractivity contribution is 5.63. The molecule has 10 heavy (non-hydrogen) atoms. The van der Waals surface area contributed by atoms with Gasteiger partial charge in [-0.15, -0.1) is 0 Å². The van der Waals surface area contributed by atoms with E-state index in [1.54, 1.807) is 23.3 Å². The van der Waals surface area contributed by atoms with Gasteiger partial charge in [0.25, 0.3) is 0 Å². The number of carboxylic acids is 1. The minimum atomic E-state index is -1.03. The molecule has 0 unspecified atom stereocenters. The summed E-state index contributed by atoms with van der Waals surface area (Å²) in [4.78, 5) is 13.7. The van der Waals surface area contributed by atoms with E-state index in [0.29, 0.717) is 6.54 Å². The van der Waals surface area contributed by atoms with Gasteiger partial charge in [-0.2, -0.15) is 0 Å². The first-order valence-corrected chi connectivity index (χ1v) is 2.94. The van der Waals surface area contributed by atoms with Crippen LogP contribution in [0.2, 0.25) is 0 Å². The van der Waals surface area contributed by atoms with E-state index in [-0.39, 0.29) is 6.42 Å². The molecule has 1 aromatic rings. The van der Waals surface area contributed by atoms with Gasteiger partial charge in [0.05, 0.1) is 6.33 Å². The van der Waals surface area contributed by atoms with E-state index < -0.39 is 5.97 Å². The first-order chi connectivity index (χ1) is 4.79. The molecule has 0 saturated heterocycles. The Morgan fingerprint density at radius 1 is 1.70 bits per heavy atom. The summed E-state index contributed by atoms with van der Waals surface area (Å²) in [5, 5.41) is 9.95. The van der Waals surface area contributed by atoms with Gasteiger partial charge >= 0.3 is 0 Å². The number of aryl methyl sites for hydroxylation is 1. The van der Waals surface area contributed by atoms with Crippen LogP contribution in [0.4, 0.5) is 0 Å². The number of hydrogen-bond donors (Lipinski definition) is 0. The average molecular weight is 139 g/mol. The van der Waals surface area contributed by atoms with E-state index >= 15 is 0 Å². The number of hydrogen-bond acceptors (Lipinski definition) is 3. The van der Waals surface area contributed by atoms with Crippen molar-refractivity contribution in [3.05, 3.63) is 18.7 Å². The molecule has 0 saturated carbocycles. The van der Waals surface area contributed by atoms with Crippen molar-refractivity contribution in [2.75, 3.05) is 0 Å². The molecule has 1 rings (SSSR count). The molecule has 0 aliphatic rings. The van der Waals surface area contributed by atoms with Crippen molar-refractivity contribution in [1.29, 1.82) is 0 Å². The highest BCUT2D eigenvalue weighted by atomic mass is 16.4. The van der Waals surface area contributed by atoms with E-state index in [0.717, 1.165) is 0 Å². The number of carbonyl (C=O) groups excluding carboxylic acids is 1. The van der Waals surface area contributed by atoms with Crippen LogP contribution in [0.3, 0.4) is 0 Å². The third-order valence-electron chi connectivity index (χ3n) is 1.13. The third kappa shape index (κ3) is 1.89. The standard InChI is InChI=1S/C6H8N2O2/c9-6(10)1-3-8-4-2-7-5-8/h2,4-5H,1,3H2,(H,9,10)/p-1. The quantitative estimate of drug-likeness (QED) is 0.541. The van der Waals surface area contributed by atoms with Gasteiger partial charge in [-0.3, -0.25) is 0 Å². The van der Waals surface area contributed by atoms with E-state index in [1.807, 2.05) is 0 Å². The second-order valence-corrected chi connectivity index (χ2v) is 1.92. The zero-order valence-corrected chi connectivity index (χ0v) is 5.36. The molecule has 1 aromatic heterocycles. The maximum absolute atomic E-state index is 9.95. The van der Waals surface area contributed by atoms with Crippen molar-refractivity contribution >= 4 is 5.97 Å². The lowest BCUT2D eigenvalue weighted by Crippen LogP contribution is -2.23. The lowest BCUT2D eigenvalue weighted by molar-refractivity contribution is -0.305. The number of rotatable bonds is 3. The first kappa shape index (κ1) is 6.80. The Labute approximate surface area is 58.1 Å². The summed E-state index contributed by atoms with van der Waals surface area (Å²) >= 11 is 0. The lowest BCUT2D eigenvalue weighted by atomic mass is 10.4. The van der Waals surface area contributed by atoms with Crippen LogP contribution in [0.15, 0.2) is 18.7 Å². The number of carbonyl (C=O) groups is 1. The summed E-state index contributed by atoms with van der Waals surface area (Å²) in [5.41, 5.74) is 0. The van der Waals surface area contributed by atoms with Gasteiger partial charge in [0.2, 0.25) is 0 Å². The average Bonchev–Trinajstić information content (AvgIpc) is 2.34. The van der Waals surface area contributed by atoms with E-state index in [2.05, 4.69) is 4.98 Å². The Morgan fingerprint density at radius 3 is 3.00 bits per heavy atom. The van der Waals surface area contributed by atoms with Gasteiger partial charge in [-0.05, 0) is 0 Å². The summed E-state index contributed by atoms with van der Waals surface area (Å²) in [5.74, 6) is -1.03. The van der Waals surface area contributed by atoms with Gasteiger partial charge < -0.3 is 14.5 Å². The van der Waals surface area contributed by atoms with Crippen LogP contribution >= 0.6 is 0 Å².